The van der Waals surface area contributed by atoms with E-state index in [9.17, 15) is 9.59 Å². The van der Waals surface area contributed by atoms with Gasteiger partial charge in [0.15, 0.2) is 0 Å². The van der Waals surface area contributed by atoms with Gasteiger partial charge in [-0.05, 0) is 18.9 Å². The van der Waals surface area contributed by atoms with E-state index in [1.165, 1.54) is 0 Å². The first kappa shape index (κ1) is 14.2. The van der Waals surface area contributed by atoms with Gasteiger partial charge in [0.05, 0.1) is 6.42 Å². The number of amides is 1. The van der Waals surface area contributed by atoms with E-state index in [2.05, 4.69) is 5.32 Å². The lowest BCUT2D eigenvalue weighted by molar-refractivity contribution is -0.137. The van der Waals surface area contributed by atoms with Gasteiger partial charge in [-0.25, -0.2) is 0 Å². The molecule has 1 aromatic rings. The minimum Gasteiger partial charge on any atom is -0.481 e. The number of nitrogens with one attached hydrogen (secondary N) is 1. The largest absolute Gasteiger partial charge is 0.481 e. The van der Waals surface area contributed by atoms with Crippen LogP contribution in [-0.2, 0) is 16.0 Å². The van der Waals surface area contributed by atoms with Crippen LogP contribution in [0.15, 0.2) is 30.3 Å². The zero-order chi connectivity index (χ0) is 13.5. The summed E-state index contributed by atoms with van der Waals surface area (Å²) in [4.78, 5) is 22.3. The number of carboxylic acids is 1. The van der Waals surface area contributed by atoms with Gasteiger partial charge in [0.1, 0.15) is 0 Å². The fourth-order valence-electron chi connectivity index (χ4n) is 1.76. The van der Waals surface area contributed by atoms with Gasteiger partial charge in [0, 0.05) is 12.0 Å². The number of carbonyl (C=O) groups excluding carboxylic acids is 1. The lowest BCUT2D eigenvalue weighted by Gasteiger charge is -2.16. The van der Waals surface area contributed by atoms with Crippen molar-refractivity contribution in [1.29, 1.82) is 0 Å². The molecular weight excluding hydrogens is 230 g/mol. The Hall–Kier alpha value is -1.84. The highest BCUT2D eigenvalue weighted by Crippen LogP contribution is 2.08. The highest BCUT2D eigenvalue weighted by molar-refractivity contribution is 5.79. The maximum atomic E-state index is 11.8. The summed E-state index contributed by atoms with van der Waals surface area (Å²) < 4.78 is 0. The molecule has 0 fully saturated rings. The second-order valence-corrected chi connectivity index (χ2v) is 4.60. The van der Waals surface area contributed by atoms with E-state index < -0.39 is 5.97 Å². The molecule has 0 aliphatic heterocycles. The summed E-state index contributed by atoms with van der Waals surface area (Å²) in [6.45, 7) is 3.54. The summed E-state index contributed by atoms with van der Waals surface area (Å²) in [5, 5.41) is 11.3. The maximum Gasteiger partial charge on any atom is 0.305 e. The normalized spacial score (nSPS) is 13.7. The molecule has 4 heteroatoms. The van der Waals surface area contributed by atoms with Crippen molar-refractivity contribution in [2.24, 2.45) is 5.92 Å². The Labute approximate surface area is 107 Å². The van der Waals surface area contributed by atoms with Gasteiger partial charge < -0.3 is 10.4 Å². The van der Waals surface area contributed by atoms with Crippen molar-refractivity contribution in [3.8, 4) is 0 Å². The van der Waals surface area contributed by atoms with Crippen molar-refractivity contribution in [3.63, 3.8) is 0 Å². The quantitative estimate of drug-likeness (QED) is 0.808. The summed E-state index contributed by atoms with van der Waals surface area (Å²) in [7, 11) is 0. The SMILES string of the molecule is C[C@H](CC(=O)O)NC(=O)[C@H](C)Cc1ccccc1. The van der Waals surface area contributed by atoms with E-state index in [1.54, 1.807) is 6.92 Å². The predicted octanol–water partition coefficient (Wildman–Crippen LogP) is 1.84. The standard InChI is InChI=1S/C14H19NO3/c1-10(8-12-6-4-3-5-7-12)14(18)15-11(2)9-13(16)17/h3-7,10-11H,8-9H2,1-2H3,(H,15,18)(H,16,17)/t10-,11-/m1/s1. The van der Waals surface area contributed by atoms with Gasteiger partial charge in [-0.15, -0.1) is 0 Å². The van der Waals surface area contributed by atoms with E-state index in [-0.39, 0.29) is 24.3 Å². The van der Waals surface area contributed by atoms with Crippen molar-refractivity contribution < 1.29 is 14.7 Å². The van der Waals surface area contributed by atoms with Crippen LogP contribution in [0.3, 0.4) is 0 Å². The molecule has 0 radical (unpaired) electrons. The molecule has 18 heavy (non-hydrogen) atoms. The third kappa shape index (κ3) is 4.99. The molecule has 0 bridgehead atoms. The predicted molar refractivity (Wildman–Crippen MR) is 69.2 cm³/mol. The van der Waals surface area contributed by atoms with Crippen LogP contribution < -0.4 is 5.32 Å². The third-order valence-corrected chi connectivity index (χ3v) is 2.70. The molecule has 0 aliphatic carbocycles. The fraction of sp³-hybridized carbons (Fsp3) is 0.429. The molecule has 0 spiro atoms. The van der Waals surface area contributed by atoms with Crippen molar-refractivity contribution in [2.45, 2.75) is 32.7 Å². The van der Waals surface area contributed by atoms with E-state index in [4.69, 9.17) is 5.11 Å². The summed E-state index contributed by atoms with van der Waals surface area (Å²) in [5.74, 6) is -1.17. The van der Waals surface area contributed by atoms with Crippen LogP contribution >= 0.6 is 0 Å². The van der Waals surface area contributed by atoms with E-state index in [1.807, 2.05) is 37.3 Å². The van der Waals surface area contributed by atoms with Crippen molar-refractivity contribution >= 4 is 11.9 Å². The maximum absolute atomic E-state index is 11.8. The number of hydrogen-bond acceptors (Lipinski definition) is 2. The molecule has 2 atom stereocenters. The summed E-state index contributed by atoms with van der Waals surface area (Å²) >= 11 is 0. The monoisotopic (exact) mass is 249 g/mol. The number of aliphatic carboxylic acids is 1. The number of hydrogen-bond donors (Lipinski definition) is 2. The average molecular weight is 249 g/mol. The minimum absolute atomic E-state index is 0.0518. The van der Waals surface area contributed by atoms with Gasteiger partial charge in [0.2, 0.25) is 5.91 Å². The fourth-order valence-corrected chi connectivity index (χ4v) is 1.76. The molecule has 0 heterocycles. The topological polar surface area (TPSA) is 66.4 Å². The Morgan fingerprint density at radius 3 is 2.39 bits per heavy atom. The molecule has 2 N–H and O–H groups in total. The number of carboxylic acid groups (broad SMARTS) is 1. The van der Waals surface area contributed by atoms with Crippen LogP contribution in [0.25, 0.3) is 0 Å². The second-order valence-electron chi connectivity index (χ2n) is 4.60. The molecule has 1 rings (SSSR count). The average Bonchev–Trinajstić information content (AvgIpc) is 2.28. The molecule has 0 saturated heterocycles. The molecule has 0 saturated carbocycles. The summed E-state index contributed by atoms with van der Waals surface area (Å²) in [5.41, 5.74) is 1.10. The van der Waals surface area contributed by atoms with Gasteiger partial charge >= 0.3 is 5.97 Å². The number of benzene rings is 1. The van der Waals surface area contributed by atoms with Crippen molar-refractivity contribution in [1.82, 2.24) is 5.32 Å². The van der Waals surface area contributed by atoms with E-state index >= 15 is 0 Å². The molecule has 4 nitrogen and oxygen atoms in total. The van der Waals surface area contributed by atoms with Gasteiger partial charge in [-0.1, -0.05) is 37.3 Å². The van der Waals surface area contributed by atoms with Crippen LogP contribution in [-0.4, -0.2) is 23.0 Å². The third-order valence-electron chi connectivity index (χ3n) is 2.70. The van der Waals surface area contributed by atoms with Crippen LogP contribution in [0, 0.1) is 5.92 Å². The number of carbonyl (C=O) groups is 2. The van der Waals surface area contributed by atoms with E-state index in [0.29, 0.717) is 6.42 Å². The molecule has 98 valence electrons. The zero-order valence-electron chi connectivity index (χ0n) is 10.7. The highest BCUT2D eigenvalue weighted by atomic mass is 16.4. The minimum atomic E-state index is -0.904. The molecule has 0 aromatic heterocycles. The van der Waals surface area contributed by atoms with Crippen LogP contribution in [0.5, 0.6) is 0 Å². The Morgan fingerprint density at radius 2 is 1.83 bits per heavy atom. The van der Waals surface area contributed by atoms with Crippen molar-refractivity contribution in [2.75, 3.05) is 0 Å². The van der Waals surface area contributed by atoms with E-state index in [0.717, 1.165) is 5.56 Å². The number of rotatable bonds is 6. The van der Waals surface area contributed by atoms with Gasteiger partial charge in [-0.3, -0.25) is 9.59 Å². The lowest BCUT2D eigenvalue weighted by atomic mass is 10.00. The first-order chi connectivity index (χ1) is 8.49. The Morgan fingerprint density at radius 1 is 1.22 bits per heavy atom. The molecule has 1 amide bonds. The van der Waals surface area contributed by atoms with Crippen LogP contribution in [0.2, 0.25) is 0 Å². The Bertz CT molecular complexity index is 403. The molecule has 0 aliphatic rings. The van der Waals surface area contributed by atoms with Crippen LogP contribution in [0.4, 0.5) is 0 Å². The molecular formula is C14H19NO3. The van der Waals surface area contributed by atoms with Gasteiger partial charge in [0.25, 0.3) is 0 Å². The van der Waals surface area contributed by atoms with Crippen LogP contribution in [0.1, 0.15) is 25.8 Å². The first-order valence-electron chi connectivity index (χ1n) is 6.05. The highest BCUT2D eigenvalue weighted by Gasteiger charge is 2.16. The summed E-state index contributed by atoms with van der Waals surface area (Å²) in [6.07, 6.45) is 0.607. The lowest BCUT2D eigenvalue weighted by Crippen LogP contribution is -2.38. The van der Waals surface area contributed by atoms with Crippen molar-refractivity contribution in [3.05, 3.63) is 35.9 Å². The molecule has 1 aromatic carbocycles. The first-order valence-corrected chi connectivity index (χ1v) is 6.05. The molecule has 0 unspecified atom stereocenters. The van der Waals surface area contributed by atoms with Gasteiger partial charge in [-0.2, -0.15) is 0 Å². The second kappa shape index (κ2) is 6.79. The zero-order valence-corrected chi connectivity index (χ0v) is 10.7. The smallest absolute Gasteiger partial charge is 0.305 e. The Kier molecular flexibility index (Phi) is 5.36. The summed E-state index contributed by atoms with van der Waals surface area (Å²) in [6, 6.07) is 9.42. The Balaban J connectivity index is 2.44.